The van der Waals surface area contributed by atoms with E-state index < -0.39 is 0 Å². The Morgan fingerprint density at radius 1 is 1.11 bits per heavy atom. The fraction of sp³-hybridized carbons (Fsp3) is 0.160. The van der Waals surface area contributed by atoms with Gasteiger partial charge in [-0.3, -0.25) is 4.79 Å². The molecule has 0 saturated carbocycles. The third-order valence-corrected chi connectivity index (χ3v) is 6.51. The SMILES string of the molecule is Cc1nn(-c2ncnc3nc[nH]c23)c2c1[C@@H](c1ccc(OCc3ccccc3Cl)cc1)CC(=O)N2. The Morgan fingerprint density at radius 2 is 1.94 bits per heavy atom. The zero-order valence-corrected chi connectivity index (χ0v) is 19.5. The molecule has 0 radical (unpaired) electrons. The van der Waals surface area contributed by atoms with Crippen LogP contribution in [0.25, 0.3) is 17.0 Å². The van der Waals surface area contributed by atoms with Crippen molar-refractivity contribution in [3.63, 3.8) is 0 Å². The van der Waals surface area contributed by atoms with Crippen LogP contribution in [-0.4, -0.2) is 35.6 Å². The summed E-state index contributed by atoms with van der Waals surface area (Å²) in [5.74, 6) is 1.63. The summed E-state index contributed by atoms with van der Waals surface area (Å²) in [6, 6.07) is 15.4. The Morgan fingerprint density at radius 3 is 2.77 bits per heavy atom. The second-order valence-electron chi connectivity index (χ2n) is 8.31. The quantitative estimate of drug-likeness (QED) is 0.377. The molecule has 1 aliphatic rings. The number of halogens is 1. The summed E-state index contributed by atoms with van der Waals surface area (Å²) in [5, 5.41) is 8.38. The predicted octanol–water partition coefficient (Wildman–Crippen LogP) is 4.55. The molecule has 1 aliphatic heterocycles. The average molecular weight is 486 g/mol. The van der Waals surface area contributed by atoms with Crippen LogP contribution in [0.1, 0.15) is 34.7 Å². The molecule has 9 nitrogen and oxygen atoms in total. The summed E-state index contributed by atoms with van der Waals surface area (Å²) in [7, 11) is 0. The van der Waals surface area contributed by atoms with Crippen LogP contribution in [0.2, 0.25) is 5.02 Å². The topological polar surface area (TPSA) is 111 Å². The zero-order valence-electron chi connectivity index (χ0n) is 18.7. The number of aryl methyl sites for hydroxylation is 1. The average Bonchev–Trinajstić information content (AvgIpc) is 3.48. The molecule has 5 aromatic rings. The summed E-state index contributed by atoms with van der Waals surface area (Å²) in [6.07, 6.45) is 3.32. The number of carbonyl (C=O) groups is 1. The highest BCUT2D eigenvalue weighted by Crippen LogP contribution is 2.40. The summed E-state index contributed by atoms with van der Waals surface area (Å²) >= 11 is 6.23. The molecule has 2 N–H and O–H groups in total. The van der Waals surface area contributed by atoms with Crippen LogP contribution in [0.15, 0.2) is 61.2 Å². The van der Waals surface area contributed by atoms with Crippen LogP contribution in [0.5, 0.6) is 5.75 Å². The van der Waals surface area contributed by atoms with E-state index in [2.05, 4.69) is 25.3 Å². The Bertz CT molecular complexity index is 1560. The van der Waals surface area contributed by atoms with Gasteiger partial charge >= 0.3 is 0 Å². The van der Waals surface area contributed by atoms with Crippen molar-refractivity contribution in [1.82, 2.24) is 29.7 Å². The van der Waals surface area contributed by atoms with Gasteiger partial charge in [0.05, 0.1) is 12.0 Å². The molecule has 0 bridgehead atoms. The van der Waals surface area contributed by atoms with E-state index >= 15 is 0 Å². The number of amides is 1. The van der Waals surface area contributed by atoms with Crippen LogP contribution < -0.4 is 10.1 Å². The number of hydrogen-bond donors (Lipinski definition) is 2. The molecule has 2 aromatic carbocycles. The molecule has 0 saturated heterocycles. The number of imidazole rings is 1. The van der Waals surface area contributed by atoms with Crippen LogP contribution in [0.3, 0.4) is 0 Å². The lowest BCUT2D eigenvalue weighted by Crippen LogP contribution is -2.25. The van der Waals surface area contributed by atoms with Crippen molar-refractivity contribution in [3.8, 4) is 11.6 Å². The van der Waals surface area contributed by atoms with Gasteiger partial charge in [0.25, 0.3) is 0 Å². The number of rotatable bonds is 5. The number of carbonyl (C=O) groups excluding carboxylic acids is 1. The molecule has 0 aliphatic carbocycles. The first-order valence-electron chi connectivity index (χ1n) is 11.1. The molecule has 10 heteroatoms. The van der Waals surface area contributed by atoms with Gasteiger partial charge in [0, 0.05) is 28.5 Å². The third kappa shape index (κ3) is 3.79. The number of fused-ring (bicyclic) bond motifs is 2. The smallest absolute Gasteiger partial charge is 0.226 e. The van der Waals surface area contributed by atoms with E-state index in [1.165, 1.54) is 6.33 Å². The molecule has 1 atom stereocenters. The van der Waals surface area contributed by atoms with E-state index in [4.69, 9.17) is 21.4 Å². The normalized spacial score (nSPS) is 15.1. The van der Waals surface area contributed by atoms with Gasteiger partial charge in [-0.1, -0.05) is 41.9 Å². The van der Waals surface area contributed by atoms with Gasteiger partial charge < -0.3 is 15.0 Å². The van der Waals surface area contributed by atoms with E-state index in [9.17, 15) is 4.79 Å². The molecule has 4 heterocycles. The highest BCUT2D eigenvalue weighted by atomic mass is 35.5. The molecule has 3 aromatic heterocycles. The standard InChI is InChI=1S/C25H20ClN7O2/c1-14-21-18(15-6-8-17(9-7-15)35-11-16-4-2-3-5-19(16)26)10-20(34)31-24(21)33(32-14)25-22-23(28-12-27-22)29-13-30-25/h2-9,12-13,18H,10-11H2,1H3,(H,31,34)(H,27,28,29,30)/t18-/m1/s1. The highest BCUT2D eigenvalue weighted by molar-refractivity contribution is 6.31. The summed E-state index contributed by atoms with van der Waals surface area (Å²) in [5.41, 5.74) is 4.88. The van der Waals surface area contributed by atoms with Crippen LogP contribution in [0, 0.1) is 6.92 Å². The van der Waals surface area contributed by atoms with Crippen molar-refractivity contribution in [2.75, 3.05) is 5.32 Å². The molecule has 0 unspecified atom stereocenters. The van der Waals surface area contributed by atoms with Crippen LogP contribution >= 0.6 is 11.6 Å². The van der Waals surface area contributed by atoms with Crippen molar-refractivity contribution < 1.29 is 9.53 Å². The summed E-state index contributed by atoms with van der Waals surface area (Å²) < 4.78 is 7.57. The van der Waals surface area contributed by atoms with Gasteiger partial charge in [0.15, 0.2) is 11.5 Å². The number of anilines is 1. The second kappa shape index (κ2) is 8.52. The first kappa shape index (κ1) is 21.3. The molecular weight excluding hydrogens is 466 g/mol. The molecular formula is C25H20ClN7O2. The molecule has 174 valence electrons. The first-order valence-corrected chi connectivity index (χ1v) is 11.5. The van der Waals surface area contributed by atoms with Gasteiger partial charge in [0.1, 0.15) is 30.0 Å². The number of benzene rings is 2. The number of ether oxygens (including phenoxy) is 1. The Hall–Kier alpha value is -4.24. The number of aromatic amines is 1. The second-order valence-corrected chi connectivity index (χ2v) is 8.72. The maximum atomic E-state index is 12.7. The predicted molar refractivity (Wildman–Crippen MR) is 131 cm³/mol. The number of aromatic nitrogens is 6. The van der Waals surface area contributed by atoms with Crippen molar-refractivity contribution in [1.29, 1.82) is 0 Å². The van der Waals surface area contributed by atoms with Crippen molar-refractivity contribution in [2.24, 2.45) is 0 Å². The van der Waals surface area contributed by atoms with Gasteiger partial charge in [-0.25, -0.2) is 15.0 Å². The van der Waals surface area contributed by atoms with E-state index in [0.717, 1.165) is 28.1 Å². The van der Waals surface area contributed by atoms with E-state index in [0.29, 0.717) is 40.8 Å². The van der Waals surface area contributed by atoms with Gasteiger partial charge in [-0.2, -0.15) is 9.78 Å². The minimum atomic E-state index is -0.149. The van der Waals surface area contributed by atoms with Crippen molar-refractivity contribution >= 4 is 34.5 Å². The molecule has 6 rings (SSSR count). The minimum absolute atomic E-state index is 0.0855. The van der Waals surface area contributed by atoms with E-state index in [1.807, 2.05) is 55.5 Å². The lowest BCUT2D eigenvalue weighted by molar-refractivity contribution is -0.116. The highest BCUT2D eigenvalue weighted by Gasteiger charge is 2.33. The minimum Gasteiger partial charge on any atom is -0.489 e. The Labute approximate surface area is 205 Å². The van der Waals surface area contributed by atoms with Crippen molar-refractivity contribution in [2.45, 2.75) is 25.9 Å². The lowest BCUT2D eigenvalue weighted by atomic mass is 9.86. The van der Waals surface area contributed by atoms with E-state index in [-0.39, 0.29) is 11.8 Å². The maximum Gasteiger partial charge on any atom is 0.226 e. The van der Waals surface area contributed by atoms with Crippen LogP contribution in [-0.2, 0) is 11.4 Å². The molecule has 35 heavy (non-hydrogen) atoms. The molecule has 1 amide bonds. The number of nitrogens with one attached hydrogen (secondary N) is 2. The number of nitrogens with zero attached hydrogens (tertiary/aromatic N) is 5. The number of hydrogen-bond acceptors (Lipinski definition) is 6. The van der Waals surface area contributed by atoms with E-state index in [1.54, 1.807) is 11.0 Å². The lowest BCUT2D eigenvalue weighted by Gasteiger charge is -2.24. The fourth-order valence-corrected chi connectivity index (χ4v) is 4.66. The van der Waals surface area contributed by atoms with Crippen LogP contribution in [0.4, 0.5) is 5.82 Å². The van der Waals surface area contributed by atoms with Crippen molar-refractivity contribution in [3.05, 3.63) is 88.6 Å². The van der Waals surface area contributed by atoms with Gasteiger partial charge in [0.2, 0.25) is 5.91 Å². The maximum absolute atomic E-state index is 12.7. The Kier molecular flexibility index (Phi) is 5.18. The van der Waals surface area contributed by atoms with Gasteiger partial charge in [-0.15, -0.1) is 0 Å². The van der Waals surface area contributed by atoms with Gasteiger partial charge in [-0.05, 0) is 30.7 Å². The molecule has 0 spiro atoms. The monoisotopic (exact) mass is 485 g/mol. The largest absolute Gasteiger partial charge is 0.489 e. The number of H-pyrrole nitrogens is 1. The summed E-state index contributed by atoms with van der Waals surface area (Å²) in [6.45, 7) is 2.31. The first-order chi connectivity index (χ1) is 17.1. The fourth-order valence-electron chi connectivity index (χ4n) is 4.47. The zero-order chi connectivity index (χ0) is 23.9. The Balaban J connectivity index is 1.32. The summed E-state index contributed by atoms with van der Waals surface area (Å²) in [4.78, 5) is 28.6. The molecule has 0 fully saturated rings. The third-order valence-electron chi connectivity index (χ3n) is 6.14.